The van der Waals surface area contributed by atoms with Crippen LogP contribution in [0.3, 0.4) is 0 Å². The van der Waals surface area contributed by atoms with Crippen molar-refractivity contribution in [1.82, 2.24) is 0 Å². The monoisotopic (exact) mass is 378 g/mol. The summed E-state index contributed by atoms with van der Waals surface area (Å²) in [4.78, 5) is 37.7. The highest BCUT2D eigenvalue weighted by molar-refractivity contribution is 6.05. The molecule has 0 unspecified atom stereocenters. The van der Waals surface area contributed by atoms with Gasteiger partial charge in [-0.25, -0.2) is 4.79 Å². The van der Waals surface area contributed by atoms with Crippen molar-refractivity contribution in [1.29, 1.82) is 0 Å². The fourth-order valence-electron chi connectivity index (χ4n) is 3.43. The summed E-state index contributed by atoms with van der Waals surface area (Å²) in [5, 5.41) is 31.6. The minimum absolute atomic E-state index is 0.0381. The van der Waals surface area contributed by atoms with Crippen LogP contribution in [0.1, 0.15) is 49.9 Å². The van der Waals surface area contributed by atoms with E-state index in [1.54, 1.807) is 0 Å². The van der Waals surface area contributed by atoms with Crippen molar-refractivity contribution < 1.29 is 29.7 Å². The highest BCUT2D eigenvalue weighted by Gasteiger charge is 2.46. The first-order chi connectivity index (χ1) is 12.8. The maximum atomic E-state index is 12.5. The number of aliphatic hydroxyl groups is 2. The normalized spacial score (nSPS) is 16.0. The number of amides is 2. The largest absolute Gasteiger partial charge is 0.478 e. The number of nitrogens with one attached hydrogen (secondary N) is 1. The third-order valence-corrected chi connectivity index (χ3v) is 5.22. The molecule has 8 nitrogen and oxygen atoms in total. The molecular formula is C19H26N2O6. The van der Waals surface area contributed by atoms with Crippen LogP contribution in [0.25, 0.3) is 0 Å². The molecule has 0 radical (unpaired) electrons. The van der Waals surface area contributed by atoms with Crippen molar-refractivity contribution in [2.75, 3.05) is 23.4 Å². The van der Waals surface area contributed by atoms with E-state index in [0.29, 0.717) is 12.8 Å². The minimum atomic E-state index is -1.18. The fraction of sp³-hybridized carbons (Fsp3) is 0.526. The van der Waals surface area contributed by atoms with Gasteiger partial charge in [0.15, 0.2) is 0 Å². The Kier molecular flexibility index (Phi) is 6.56. The predicted octanol–water partition coefficient (Wildman–Crippen LogP) is 1.61. The molecule has 0 aliphatic carbocycles. The topological polar surface area (TPSA) is 127 Å². The molecule has 0 bridgehead atoms. The first-order valence-corrected chi connectivity index (χ1v) is 9.06. The molecule has 0 saturated carbocycles. The summed E-state index contributed by atoms with van der Waals surface area (Å²) < 4.78 is 0. The molecule has 1 aromatic carbocycles. The third-order valence-electron chi connectivity index (χ3n) is 5.22. The highest BCUT2D eigenvalue weighted by Crippen LogP contribution is 2.39. The van der Waals surface area contributed by atoms with E-state index >= 15 is 0 Å². The predicted molar refractivity (Wildman–Crippen MR) is 99.7 cm³/mol. The summed E-state index contributed by atoms with van der Waals surface area (Å²) in [6.07, 6.45) is 1.65. The molecule has 0 aromatic heterocycles. The van der Waals surface area contributed by atoms with Crippen LogP contribution in [0, 0.1) is 5.92 Å². The lowest BCUT2D eigenvalue weighted by molar-refractivity contribution is -0.120. The zero-order valence-electron chi connectivity index (χ0n) is 15.6. The lowest BCUT2D eigenvalue weighted by atomic mass is 9.97. The fourth-order valence-corrected chi connectivity index (χ4v) is 3.43. The van der Waals surface area contributed by atoms with E-state index in [2.05, 4.69) is 5.32 Å². The van der Waals surface area contributed by atoms with Gasteiger partial charge in [0.25, 0.3) is 0 Å². The van der Waals surface area contributed by atoms with Gasteiger partial charge >= 0.3 is 5.97 Å². The summed E-state index contributed by atoms with van der Waals surface area (Å²) in [6.45, 7) is 2.87. The quantitative estimate of drug-likeness (QED) is 0.544. The van der Waals surface area contributed by atoms with E-state index in [0.717, 1.165) is 0 Å². The van der Waals surface area contributed by atoms with Gasteiger partial charge < -0.3 is 20.6 Å². The molecule has 2 amide bonds. The van der Waals surface area contributed by atoms with E-state index in [9.17, 15) is 29.7 Å². The number of hydrogen-bond donors (Lipinski definition) is 4. The van der Waals surface area contributed by atoms with E-state index in [1.165, 1.54) is 23.1 Å². The average Bonchev–Trinajstić information content (AvgIpc) is 2.99. The standard InChI is InChI=1S/C19H26N2O6/c1-3-12(4-2)17(25)20-14-9-13(18(26)27)5-6-15(14)21-16(24)7-8-19(21,10-22)11-23/h5-6,9,12,22-23H,3-4,7-8,10-11H2,1-2H3,(H,20,25)(H,26,27). The van der Waals surface area contributed by atoms with Gasteiger partial charge in [0.05, 0.1) is 35.7 Å². The Morgan fingerprint density at radius 2 is 1.85 bits per heavy atom. The summed E-state index contributed by atoms with van der Waals surface area (Å²) >= 11 is 0. The molecule has 148 valence electrons. The number of carbonyl (C=O) groups is 3. The van der Waals surface area contributed by atoms with Gasteiger partial charge in [-0.1, -0.05) is 13.8 Å². The number of benzene rings is 1. The first kappa shape index (κ1) is 20.9. The maximum absolute atomic E-state index is 12.5. The number of carboxylic acid groups (broad SMARTS) is 1. The molecule has 1 heterocycles. The molecule has 1 saturated heterocycles. The van der Waals surface area contributed by atoms with Crippen LogP contribution >= 0.6 is 0 Å². The van der Waals surface area contributed by atoms with Gasteiger partial charge in [-0.05, 0) is 37.5 Å². The Morgan fingerprint density at radius 1 is 1.22 bits per heavy atom. The van der Waals surface area contributed by atoms with Crippen LogP contribution in [0.2, 0.25) is 0 Å². The van der Waals surface area contributed by atoms with Gasteiger partial charge in [0.2, 0.25) is 11.8 Å². The summed E-state index contributed by atoms with van der Waals surface area (Å²) in [6, 6.07) is 4.05. The second kappa shape index (κ2) is 8.49. The summed E-state index contributed by atoms with van der Waals surface area (Å²) in [7, 11) is 0. The van der Waals surface area contributed by atoms with Gasteiger partial charge in [-0.3, -0.25) is 14.5 Å². The number of nitrogens with zero attached hydrogens (tertiary/aromatic N) is 1. The van der Waals surface area contributed by atoms with Gasteiger partial charge in [-0.2, -0.15) is 0 Å². The van der Waals surface area contributed by atoms with E-state index < -0.39 is 24.7 Å². The smallest absolute Gasteiger partial charge is 0.335 e. The molecule has 0 atom stereocenters. The lowest BCUT2D eigenvalue weighted by Gasteiger charge is -2.36. The number of carbonyl (C=O) groups excluding carboxylic acids is 2. The van der Waals surface area contributed by atoms with Crippen LogP contribution in [0.15, 0.2) is 18.2 Å². The third kappa shape index (κ3) is 3.96. The Bertz CT molecular complexity index is 725. The first-order valence-electron chi connectivity index (χ1n) is 9.06. The highest BCUT2D eigenvalue weighted by atomic mass is 16.4. The second-order valence-corrected chi connectivity index (χ2v) is 6.81. The SMILES string of the molecule is CCC(CC)C(=O)Nc1cc(C(=O)O)ccc1N1C(=O)CCC1(CO)CO. The number of rotatable bonds is 8. The molecule has 1 aliphatic heterocycles. The molecule has 8 heteroatoms. The van der Waals surface area contributed by atoms with Gasteiger partial charge in [0, 0.05) is 12.3 Å². The van der Waals surface area contributed by atoms with Crippen molar-refractivity contribution in [3.05, 3.63) is 23.8 Å². The van der Waals surface area contributed by atoms with Crippen LogP contribution in [-0.4, -0.2) is 51.9 Å². The van der Waals surface area contributed by atoms with Crippen LogP contribution < -0.4 is 10.2 Å². The van der Waals surface area contributed by atoms with Crippen molar-refractivity contribution >= 4 is 29.2 Å². The lowest BCUT2D eigenvalue weighted by Crippen LogP contribution is -2.52. The number of hydrogen-bond acceptors (Lipinski definition) is 5. The van der Waals surface area contributed by atoms with Gasteiger partial charge in [-0.15, -0.1) is 0 Å². The Morgan fingerprint density at radius 3 is 2.37 bits per heavy atom. The zero-order chi connectivity index (χ0) is 20.2. The summed E-state index contributed by atoms with van der Waals surface area (Å²) in [5.41, 5.74) is -0.780. The second-order valence-electron chi connectivity index (χ2n) is 6.81. The van der Waals surface area contributed by atoms with Gasteiger partial charge in [0.1, 0.15) is 0 Å². The number of aromatic carboxylic acids is 1. The molecule has 1 aromatic rings. The zero-order valence-corrected chi connectivity index (χ0v) is 15.6. The molecule has 0 spiro atoms. The summed E-state index contributed by atoms with van der Waals surface area (Å²) in [5.74, 6) is -1.99. The molecule has 27 heavy (non-hydrogen) atoms. The Labute approximate surface area is 157 Å². The van der Waals surface area contributed by atoms with Crippen molar-refractivity contribution in [3.8, 4) is 0 Å². The molecule has 1 aliphatic rings. The number of aliphatic hydroxyl groups excluding tert-OH is 2. The molecule has 2 rings (SSSR count). The number of anilines is 2. The van der Waals surface area contributed by atoms with E-state index in [4.69, 9.17) is 0 Å². The van der Waals surface area contributed by atoms with E-state index in [-0.39, 0.29) is 47.5 Å². The maximum Gasteiger partial charge on any atom is 0.335 e. The molecule has 1 fully saturated rings. The molecular weight excluding hydrogens is 352 g/mol. The number of carboxylic acids is 1. The van der Waals surface area contributed by atoms with Crippen molar-refractivity contribution in [2.45, 2.75) is 45.1 Å². The minimum Gasteiger partial charge on any atom is -0.478 e. The van der Waals surface area contributed by atoms with Crippen molar-refractivity contribution in [2.24, 2.45) is 5.92 Å². The van der Waals surface area contributed by atoms with Crippen LogP contribution in [-0.2, 0) is 9.59 Å². The van der Waals surface area contributed by atoms with E-state index in [1.807, 2.05) is 13.8 Å². The average molecular weight is 378 g/mol. The van der Waals surface area contributed by atoms with Crippen molar-refractivity contribution in [3.63, 3.8) is 0 Å². The molecule has 4 N–H and O–H groups in total. The Balaban J connectivity index is 2.53. The van der Waals surface area contributed by atoms with Crippen LogP contribution in [0.5, 0.6) is 0 Å². The Hall–Kier alpha value is -2.45. The van der Waals surface area contributed by atoms with Crippen LogP contribution in [0.4, 0.5) is 11.4 Å².